The molecule has 1 aromatic carbocycles. The van der Waals surface area contributed by atoms with Crippen molar-refractivity contribution in [2.45, 2.75) is 0 Å². The summed E-state index contributed by atoms with van der Waals surface area (Å²) in [4.78, 5) is 30.4. The van der Waals surface area contributed by atoms with Crippen LogP contribution in [-0.4, -0.2) is 93.5 Å². The Hall–Kier alpha value is -2.81. The zero-order valence-corrected chi connectivity index (χ0v) is 14.4. The van der Waals surface area contributed by atoms with Crippen LogP contribution in [0.2, 0.25) is 0 Å². The van der Waals surface area contributed by atoms with Gasteiger partial charge in [-0.2, -0.15) is 0 Å². The third-order valence-electron chi connectivity index (χ3n) is 4.13. The lowest BCUT2D eigenvalue weighted by Crippen LogP contribution is -2.53. The fraction of sp³-hybridized carbons (Fsp3) is 0.438. The van der Waals surface area contributed by atoms with E-state index in [4.69, 9.17) is 0 Å². The molecule has 1 saturated heterocycles. The van der Waals surface area contributed by atoms with Crippen molar-refractivity contribution in [3.8, 4) is 5.69 Å². The molecule has 132 valence electrons. The number of nitrogens with zero attached hydrogens (tertiary/aromatic N) is 7. The highest BCUT2D eigenvalue weighted by molar-refractivity contribution is 5.97. The Bertz CT molecular complexity index is 745. The molecule has 0 saturated carbocycles. The average molecular weight is 343 g/mol. The SMILES string of the molecule is CN(C)CCN1CCN(C(=O)c2cccc(-n3cnnn3)c2)CC1=O. The highest BCUT2D eigenvalue weighted by Gasteiger charge is 2.27. The van der Waals surface area contributed by atoms with Crippen molar-refractivity contribution in [1.82, 2.24) is 34.9 Å². The number of rotatable bonds is 5. The molecule has 1 fully saturated rings. The normalized spacial score (nSPS) is 15.1. The van der Waals surface area contributed by atoms with Crippen molar-refractivity contribution >= 4 is 11.8 Å². The minimum atomic E-state index is -0.157. The van der Waals surface area contributed by atoms with Crippen molar-refractivity contribution in [3.63, 3.8) is 0 Å². The van der Waals surface area contributed by atoms with Crippen LogP contribution in [0.3, 0.4) is 0 Å². The lowest BCUT2D eigenvalue weighted by atomic mass is 10.1. The number of hydrogen-bond donors (Lipinski definition) is 0. The van der Waals surface area contributed by atoms with Gasteiger partial charge in [-0.15, -0.1) is 5.10 Å². The maximum Gasteiger partial charge on any atom is 0.254 e. The van der Waals surface area contributed by atoms with Gasteiger partial charge in [0.15, 0.2) is 0 Å². The van der Waals surface area contributed by atoms with E-state index in [2.05, 4.69) is 15.5 Å². The monoisotopic (exact) mass is 343 g/mol. The van der Waals surface area contributed by atoms with Crippen molar-refractivity contribution < 1.29 is 9.59 Å². The molecular formula is C16H21N7O2. The van der Waals surface area contributed by atoms with Gasteiger partial charge in [0.1, 0.15) is 12.9 Å². The summed E-state index contributed by atoms with van der Waals surface area (Å²) in [5.74, 6) is -0.173. The average Bonchev–Trinajstić information content (AvgIpc) is 3.14. The third kappa shape index (κ3) is 4.00. The van der Waals surface area contributed by atoms with Gasteiger partial charge in [0.2, 0.25) is 5.91 Å². The van der Waals surface area contributed by atoms with Crippen LogP contribution in [0.1, 0.15) is 10.4 Å². The van der Waals surface area contributed by atoms with Crippen LogP contribution in [0, 0.1) is 0 Å². The van der Waals surface area contributed by atoms with Crippen LogP contribution in [0.15, 0.2) is 30.6 Å². The van der Waals surface area contributed by atoms with E-state index in [0.29, 0.717) is 30.9 Å². The van der Waals surface area contributed by atoms with Crippen molar-refractivity contribution in [3.05, 3.63) is 36.2 Å². The lowest BCUT2D eigenvalue weighted by Gasteiger charge is -2.35. The number of carbonyl (C=O) groups is 2. The van der Waals surface area contributed by atoms with Crippen LogP contribution in [0.5, 0.6) is 0 Å². The molecule has 25 heavy (non-hydrogen) atoms. The number of benzene rings is 1. The number of likely N-dealkylation sites (N-methyl/N-ethyl adjacent to an activating group) is 1. The third-order valence-corrected chi connectivity index (χ3v) is 4.13. The van der Waals surface area contributed by atoms with Gasteiger partial charge in [-0.25, -0.2) is 4.68 Å². The Morgan fingerprint density at radius 1 is 1.28 bits per heavy atom. The predicted octanol–water partition coefficient (Wildman–Crippen LogP) is -0.492. The van der Waals surface area contributed by atoms with E-state index in [1.807, 2.05) is 25.1 Å². The number of hydrogen-bond acceptors (Lipinski definition) is 6. The van der Waals surface area contributed by atoms with Crippen LogP contribution < -0.4 is 0 Å². The van der Waals surface area contributed by atoms with E-state index in [1.165, 1.54) is 11.0 Å². The first-order chi connectivity index (χ1) is 12.0. The fourth-order valence-electron chi connectivity index (χ4n) is 2.68. The smallest absolute Gasteiger partial charge is 0.254 e. The zero-order valence-electron chi connectivity index (χ0n) is 14.4. The molecular weight excluding hydrogens is 322 g/mol. The van der Waals surface area contributed by atoms with E-state index in [0.717, 1.165) is 6.54 Å². The molecule has 1 aliphatic heterocycles. The molecule has 2 amide bonds. The van der Waals surface area contributed by atoms with E-state index >= 15 is 0 Å². The Labute approximate surface area is 145 Å². The van der Waals surface area contributed by atoms with Gasteiger partial charge in [-0.3, -0.25) is 9.59 Å². The molecule has 0 aliphatic carbocycles. The van der Waals surface area contributed by atoms with Gasteiger partial charge in [0, 0.05) is 31.7 Å². The van der Waals surface area contributed by atoms with Gasteiger partial charge in [0.05, 0.1) is 5.69 Å². The molecule has 9 heteroatoms. The van der Waals surface area contributed by atoms with Gasteiger partial charge in [-0.05, 0) is 42.7 Å². The summed E-state index contributed by atoms with van der Waals surface area (Å²) in [5.41, 5.74) is 1.22. The minimum Gasteiger partial charge on any atom is -0.338 e. The molecule has 9 nitrogen and oxygen atoms in total. The minimum absolute atomic E-state index is 0.0157. The second kappa shape index (κ2) is 7.39. The van der Waals surface area contributed by atoms with E-state index in [9.17, 15) is 9.59 Å². The Balaban J connectivity index is 1.66. The summed E-state index contributed by atoms with van der Waals surface area (Å²) in [6.07, 6.45) is 1.47. The lowest BCUT2D eigenvalue weighted by molar-refractivity contribution is -0.135. The first kappa shape index (κ1) is 17.0. The molecule has 0 atom stereocenters. The number of tetrazole rings is 1. The number of piperazine rings is 1. The van der Waals surface area contributed by atoms with E-state index in [-0.39, 0.29) is 18.4 Å². The number of carbonyl (C=O) groups excluding carboxylic acids is 2. The first-order valence-electron chi connectivity index (χ1n) is 8.10. The van der Waals surface area contributed by atoms with Crippen molar-refractivity contribution in [2.75, 3.05) is 46.8 Å². The molecule has 1 aromatic heterocycles. The van der Waals surface area contributed by atoms with E-state index < -0.39 is 0 Å². The van der Waals surface area contributed by atoms with Crippen LogP contribution in [0.4, 0.5) is 0 Å². The Kier molecular flexibility index (Phi) is 5.03. The molecule has 0 bridgehead atoms. The van der Waals surface area contributed by atoms with Crippen molar-refractivity contribution in [1.29, 1.82) is 0 Å². The predicted molar refractivity (Wildman–Crippen MR) is 90.2 cm³/mol. The van der Waals surface area contributed by atoms with Crippen molar-refractivity contribution in [2.24, 2.45) is 0 Å². The largest absolute Gasteiger partial charge is 0.338 e. The van der Waals surface area contributed by atoms with E-state index in [1.54, 1.807) is 28.0 Å². The topological polar surface area (TPSA) is 87.5 Å². The summed E-state index contributed by atoms with van der Waals surface area (Å²) in [7, 11) is 3.95. The van der Waals surface area contributed by atoms with Crippen LogP contribution in [0.25, 0.3) is 5.69 Å². The Morgan fingerprint density at radius 2 is 2.12 bits per heavy atom. The summed E-state index contributed by atoms with van der Waals surface area (Å²) in [6.45, 7) is 2.70. The van der Waals surface area contributed by atoms with Gasteiger partial charge < -0.3 is 14.7 Å². The zero-order chi connectivity index (χ0) is 17.8. The Morgan fingerprint density at radius 3 is 2.80 bits per heavy atom. The first-order valence-corrected chi connectivity index (χ1v) is 8.10. The quantitative estimate of drug-likeness (QED) is 0.728. The number of aromatic nitrogens is 4. The molecule has 1 aliphatic rings. The summed E-state index contributed by atoms with van der Waals surface area (Å²) < 4.78 is 1.49. The van der Waals surface area contributed by atoms with Gasteiger partial charge in [-0.1, -0.05) is 6.07 Å². The molecule has 3 rings (SSSR count). The summed E-state index contributed by atoms with van der Waals surface area (Å²) in [6, 6.07) is 7.05. The second-order valence-corrected chi connectivity index (χ2v) is 6.22. The maximum atomic E-state index is 12.7. The molecule has 0 spiro atoms. The molecule has 0 N–H and O–H groups in total. The molecule has 2 aromatic rings. The second-order valence-electron chi connectivity index (χ2n) is 6.22. The summed E-state index contributed by atoms with van der Waals surface area (Å²) in [5, 5.41) is 11.0. The fourth-order valence-corrected chi connectivity index (χ4v) is 2.68. The standard InChI is InChI=1S/C16H21N7O2/c1-20(2)6-7-21-8-9-22(11-15(21)24)16(25)13-4-3-5-14(10-13)23-12-17-18-19-23/h3-5,10,12H,6-9,11H2,1-2H3. The van der Waals surface area contributed by atoms with Gasteiger partial charge in [0.25, 0.3) is 5.91 Å². The molecule has 0 unspecified atom stereocenters. The maximum absolute atomic E-state index is 12.7. The van der Waals surface area contributed by atoms with Crippen LogP contribution >= 0.6 is 0 Å². The van der Waals surface area contributed by atoms with Crippen LogP contribution in [-0.2, 0) is 4.79 Å². The molecule has 2 heterocycles. The highest BCUT2D eigenvalue weighted by atomic mass is 16.2. The van der Waals surface area contributed by atoms with Gasteiger partial charge >= 0.3 is 0 Å². The molecule has 0 radical (unpaired) electrons. The summed E-state index contributed by atoms with van der Waals surface area (Å²) >= 11 is 0. The number of amides is 2. The highest BCUT2D eigenvalue weighted by Crippen LogP contribution is 2.13.